The number of hydrogen-bond acceptors (Lipinski definition) is 6. The van der Waals surface area contributed by atoms with Crippen molar-refractivity contribution in [3.05, 3.63) is 58.7 Å². The van der Waals surface area contributed by atoms with E-state index in [9.17, 15) is 9.59 Å². The van der Waals surface area contributed by atoms with Crippen LogP contribution < -0.4 is 10.5 Å². The number of oxazole rings is 1. The van der Waals surface area contributed by atoms with Gasteiger partial charge in [0.1, 0.15) is 5.75 Å². The minimum atomic E-state index is -0.384. The second-order valence-corrected chi connectivity index (χ2v) is 7.06. The zero-order chi connectivity index (χ0) is 20.2. The Bertz CT molecular complexity index is 1040. The topological polar surface area (TPSA) is 80.8 Å². The Morgan fingerprint density at radius 1 is 1.10 bits per heavy atom. The highest BCUT2D eigenvalue weighted by atomic mass is 16.5. The molecule has 1 saturated heterocycles. The Balaban J connectivity index is 1.36. The summed E-state index contributed by atoms with van der Waals surface area (Å²) in [6.07, 6.45) is 2.55. The van der Waals surface area contributed by atoms with Gasteiger partial charge < -0.3 is 14.1 Å². The first-order valence-electron chi connectivity index (χ1n) is 9.76. The molecule has 4 rings (SSSR count). The summed E-state index contributed by atoms with van der Waals surface area (Å²) in [5.74, 6) is 0.390. The molecule has 0 unspecified atom stereocenters. The first-order chi connectivity index (χ1) is 14.2. The maximum atomic E-state index is 12.8. The zero-order valence-electron chi connectivity index (χ0n) is 16.4. The van der Waals surface area contributed by atoms with E-state index < -0.39 is 0 Å². The summed E-state index contributed by atoms with van der Waals surface area (Å²) in [6.45, 7) is 4.23. The quantitative estimate of drug-likeness (QED) is 0.655. The van der Waals surface area contributed by atoms with E-state index in [0.29, 0.717) is 36.4 Å². The minimum Gasteiger partial charge on any atom is -0.497 e. The first kappa shape index (κ1) is 19.2. The predicted octanol–water partition coefficient (Wildman–Crippen LogP) is 1.85. The van der Waals surface area contributed by atoms with Crippen molar-refractivity contribution in [3.8, 4) is 5.75 Å². The van der Waals surface area contributed by atoms with Crippen LogP contribution in [0.25, 0.3) is 11.2 Å². The Morgan fingerprint density at radius 3 is 2.72 bits per heavy atom. The van der Waals surface area contributed by atoms with Gasteiger partial charge in [-0.3, -0.25) is 14.3 Å². The van der Waals surface area contributed by atoms with Crippen LogP contribution in [-0.2, 0) is 6.54 Å². The molecular formula is C21H24N4O4. The van der Waals surface area contributed by atoms with E-state index in [2.05, 4.69) is 9.88 Å². The van der Waals surface area contributed by atoms with Gasteiger partial charge in [0.25, 0.3) is 5.91 Å². The van der Waals surface area contributed by atoms with Crippen molar-refractivity contribution in [2.45, 2.75) is 13.0 Å². The van der Waals surface area contributed by atoms with Crippen molar-refractivity contribution < 1.29 is 13.9 Å². The van der Waals surface area contributed by atoms with Gasteiger partial charge in [0.05, 0.1) is 7.11 Å². The highest BCUT2D eigenvalue weighted by Crippen LogP contribution is 2.15. The number of aromatic nitrogens is 2. The summed E-state index contributed by atoms with van der Waals surface area (Å²) in [5.41, 5.74) is 1.75. The zero-order valence-corrected chi connectivity index (χ0v) is 16.4. The predicted molar refractivity (Wildman–Crippen MR) is 108 cm³/mol. The second kappa shape index (κ2) is 8.48. The van der Waals surface area contributed by atoms with Crippen LogP contribution in [0.2, 0.25) is 0 Å². The molecule has 1 fully saturated rings. The van der Waals surface area contributed by atoms with Gasteiger partial charge in [0.2, 0.25) is 0 Å². The van der Waals surface area contributed by atoms with Crippen molar-refractivity contribution in [1.82, 2.24) is 19.4 Å². The van der Waals surface area contributed by atoms with Gasteiger partial charge in [-0.05, 0) is 49.4 Å². The fourth-order valence-corrected chi connectivity index (χ4v) is 3.65. The van der Waals surface area contributed by atoms with Crippen LogP contribution in [0.1, 0.15) is 16.8 Å². The molecule has 29 heavy (non-hydrogen) atoms. The first-order valence-corrected chi connectivity index (χ1v) is 9.76. The highest BCUT2D eigenvalue weighted by Gasteiger charge is 2.21. The lowest BCUT2D eigenvalue weighted by Gasteiger charge is -2.22. The SMILES string of the molecule is COc1ccc(C(=O)N2CCCN(CCn3c(=O)oc4cccnc43)CC2)cc1. The third-order valence-corrected chi connectivity index (χ3v) is 5.28. The Kier molecular flexibility index (Phi) is 5.62. The number of carbonyl (C=O) groups excluding carboxylic acids is 1. The van der Waals surface area contributed by atoms with Gasteiger partial charge >= 0.3 is 5.76 Å². The fourth-order valence-electron chi connectivity index (χ4n) is 3.65. The van der Waals surface area contributed by atoms with E-state index in [0.717, 1.165) is 31.8 Å². The summed E-state index contributed by atoms with van der Waals surface area (Å²) in [6, 6.07) is 10.7. The van der Waals surface area contributed by atoms with E-state index in [-0.39, 0.29) is 11.7 Å². The normalized spacial score (nSPS) is 15.4. The van der Waals surface area contributed by atoms with Crippen LogP contribution in [0.3, 0.4) is 0 Å². The standard InChI is InChI=1S/C21H24N4O4/c1-28-17-7-5-16(6-8-17)20(26)24-11-3-10-23(12-14-24)13-15-25-19-18(29-21(25)27)4-2-9-22-19/h2,4-9H,3,10-15H2,1H3. The number of benzene rings is 1. The van der Waals surface area contributed by atoms with E-state index in [1.165, 1.54) is 0 Å². The lowest BCUT2D eigenvalue weighted by molar-refractivity contribution is 0.0761. The smallest absolute Gasteiger partial charge is 0.421 e. The number of pyridine rings is 1. The van der Waals surface area contributed by atoms with E-state index >= 15 is 0 Å². The molecule has 0 radical (unpaired) electrons. The van der Waals surface area contributed by atoms with E-state index in [1.54, 1.807) is 54.3 Å². The molecule has 1 aliphatic heterocycles. The number of methoxy groups -OCH3 is 1. The summed E-state index contributed by atoms with van der Waals surface area (Å²) in [7, 11) is 1.61. The molecule has 8 nitrogen and oxygen atoms in total. The van der Waals surface area contributed by atoms with Crippen molar-refractivity contribution in [3.63, 3.8) is 0 Å². The van der Waals surface area contributed by atoms with Gasteiger partial charge in [-0.2, -0.15) is 0 Å². The number of fused-ring (bicyclic) bond motifs is 1. The maximum Gasteiger partial charge on any atom is 0.421 e. The number of carbonyl (C=O) groups is 1. The molecule has 1 aromatic carbocycles. The van der Waals surface area contributed by atoms with E-state index in [1.807, 2.05) is 4.90 Å². The molecule has 1 amide bonds. The average Bonchev–Trinajstić information content (AvgIpc) is 2.91. The van der Waals surface area contributed by atoms with Gasteiger partial charge in [0, 0.05) is 44.5 Å². The van der Waals surface area contributed by atoms with Crippen molar-refractivity contribution in [2.24, 2.45) is 0 Å². The number of hydrogen-bond donors (Lipinski definition) is 0. The fraction of sp³-hybridized carbons (Fsp3) is 0.381. The van der Waals surface area contributed by atoms with Gasteiger partial charge in [-0.25, -0.2) is 9.78 Å². The third-order valence-electron chi connectivity index (χ3n) is 5.28. The molecule has 0 N–H and O–H groups in total. The van der Waals surface area contributed by atoms with Crippen LogP contribution in [0.5, 0.6) is 5.75 Å². The highest BCUT2D eigenvalue weighted by molar-refractivity contribution is 5.94. The van der Waals surface area contributed by atoms with Gasteiger partial charge in [-0.15, -0.1) is 0 Å². The molecule has 3 heterocycles. The minimum absolute atomic E-state index is 0.0377. The molecule has 1 aliphatic rings. The monoisotopic (exact) mass is 396 g/mol. The molecule has 0 spiro atoms. The van der Waals surface area contributed by atoms with Crippen molar-refractivity contribution in [2.75, 3.05) is 39.8 Å². The molecule has 0 saturated carbocycles. The third kappa shape index (κ3) is 4.17. The molecule has 8 heteroatoms. The van der Waals surface area contributed by atoms with Crippen LogP contribution in [0, 0.1) is 0 Å². The van der Waals surface area contributed by atoms with Crippen LogP contribution in [-0.4, -0.2) is 65.1 Å². The summed E-state index contributed by atoms with van der Waals surface area (Å²) >= 11 is 0. The molecular weight excluding hydrogens is 372 g/mol. The van der Waals surface area contributed by atoms with Crippen LogP contribution >= 0.6 is 0 Å². The Labute approximate surface area is 168 Å². The molecule has 3 aromatic rings. The Hall–Kier alpha value is -3.13. The van der Waals surface area contributed by atoms with Crippen LogP contribution in [0.4, 0.5) is 0 Å². The summed E-state index contributed by atoms with van der Waals surface area (Å²) in [4.78, 5) is 33.3. The maximum absolute atomic E-state index is 12.8. The largest absolute Gasteiger partial charge is 0.497 e. The van der Waals surface area contributed by atoms with E-state index in [4.69, 9.17) is 9.15 Å². The number of rotatable bonds is 5. The van der Waals surface area contributed by atoms with Crippen molar-refractivity contribution in [1.29, 1.82) is 0 Å². The number of ether oxygens (including phenoxy) is 1. The van der Waals surface area contributed by atoms with Gasteiger partial charge in [-0.1, -0.05) is 0 Å². The molecule has 0 atom stereocenters. The Morgan fingerprint density at radius 2 is 1.93 bits per heavy atom. The molecule has 152 valence electrons. The van der Waals surface area contributed by atoms with Gasteiger partial charge in [0.15, 0.2) is 11.2 Å². The van der Waals surface area contributed by atoms with Crippen molar-refractivity contribution >= 4 is 17.1 Å². The lowest BCUT2D eigenvalue weighted by Crippen LogP contribution is -2.36. The average molecular weight is 396 g/mol. The molecule has 2 aromatic heterocycles. The summed E-state index contributed by atoms with van der Waals surface area (Å²) in [5, 5.41) is 0. The second-order valence-electron chi connectivity index (χ2n) is 7.06. The number of nitrogens with zero attached hydrogens (tertiary/aromatic N) is 4. The molecule has 0 bridgehead atoms. The molecule has 0 aliphatic carbocycles. The number of amides is 1. The summed E-state index contributed by atoms with van der Waals surface area (Å²) < 4.78 is 12.0. The lowest BCUT2D eigenvalue weighted by atomic mass is 10.2. The van der Waals surface area contributed by atoms with Crippen LogP contribution in [0.15, 0.2) is 51.8 Å².